The number of aromatic nitrogens is 2. The first kappa shape index (κ1) is 25.5. The number of ether oxygens (including phenoxy) is 1. The molecule has 35 heavy (non-hydrogen) atoms. The number of benzene rings is 2. The van der Waals surface area contributed by atoms with Crippen molar-refractivity contribution < 1.29 is 9.66 Å². The van der Waals surface area contributed by atoms with E-state index in [4.69, 9.17) is 9.72 Å². The van der Waals surface area contributed by atoms with Crippen molar-refractivity contribution in [2.24, 2.45) is 5.10 Å². The van der Waals surface area contributed by atoms with Crippen molar-refractivity contribution >= 4 is 54.7 Å². The van der Waals surface area contributed by atoms with Gasteiger partial charge < -0.3 is 4.74 Å². The van der Waals surface area contributed by atoms with E-state index in [-0.39, 0.29) is 29.0 Å². The Labute approximate surface area is 219 Å². The lowest BCUT2D eigenvalue weighted by Crippen LogP contribution is -2.25. The van der Waals surface area contributed by atoms with Gasteiger partial charge in [0.2, 0.25) is 5.75 Å². The molecule has 1 atom stereocenters. The van der Waals surface area contributed by atoms with Gasteiger partial charge in [-0.1, -0.05) is 58.0 Å². The lowest BCUT2D eigenvalue weighted by Gasteiger charge is -2.23. The van der Waals surface area contributed by atoms with Crippen LogP contribution in [-0.2, 0) is 0 Å². The summed E-state index contributed by atoms with van der Waals surface area (Å²) < 4.78 is 8.57. The van der Waals surface area contributed by atoms with Gasteiger partial charge in [-0.3, -0.25) is 14.9 Å². The zero-order valence-corrected chi connectivity index (χ0v) is 22.7. The highest BCUT2D eigenvalue weighted by Gasteiger charge is 2.24. The fourth-order valence-corrected chi connectivity index (χ4v) is 5.09. The minimum atomic E-state index is -0.478. The molecule has 4 rings (SSSR count). The highest BCUT2D eigenvalue weighted by molar-refractivity contribution is 9.10. The highest BCUT2D eigenvalue weighted by Crippen LogP contribution is 2.35. The van der Waals surface area contributed by atoms with Gasteiger partial charge in [0.1, 0.15) is 5.82 Å². The van der Waals surface area contributed by atoms with E-state index in [0.29, 0.717) is 33.2 Å². The normalized spacial score (nSPS) is 15.5. The van der Waals surface area contributed by atoms with Crippen LogP contribution in [0.3, 0.4) is 0 Å². The highest BCUT2D eigenvalue weighted by atomic mass is 79.9. The van der Waals surface area contributed by atoms with Gasteiger partial charge in [0.15, 0.2) is 0 Å². The molecule has 8 nitrogen and oxygen atoms in total. The smallest absolute Gasteiger partial charge is 0.312 e. The number of rotatable bonds is 7. The molecule has 1 saturated carbocycles. The van der Waals surface area contributed by atoms with Crippen LogP contribution in [-0.4, -0.2) is 26.9 Å². The van der Waals surface area contributed by atoms with Crippen LogP contribution in [0.4, 0.5) is 5.69 Å². The van der Waals surface area contributed by atoms with E-state index >= 15 is 0 Å². The second-order valence-corrected chi connectivity index (χ2v) is 10.6. The van der Waals surface area contributed by atoms with Gasteiger partial charge in [-0.15, -0.1) is 0 Å². The van der Waals surface area contributed by atoms with Crippen LogP contribution in [0.1, 0.15) is 69.7 Å². The summed E-state index contributed by atoms with van der Waals surface area (Å²) in [6, 6.07) is 8.54. The lowest BCUT2D eigenvalue weighted by atomic mass is 9.88. The molecule has 1 heterocycles. The predicted molar refractivity (Wildman–Crippen MR) is 144 cm³/mol. The molecule has 0 bridgehead atoms. The second kappa shape index (κ2) is 11.0. The average Bonchev–Trinajstić information content (AvgIpc) is 2.85. The second-order valence-electron chi connectivity index (χ2n) is 8.77. The molecule has 1 aliphatic rings. The first-order valence-corrected chi connectivity index (χ1v) is 13.3. The summed E-state index contributed by atoms with van der Waals surface area (Å²) in [4.78, 5) is 29.7. The number of hydrogen-bond acceptors (Lipinski definition) is 6. The Balaban J connectivity index is 1.89. The largest absolute Gasteiger partial charge is 0.483 e. The third kappa shape index (κ3) is 5.64. The van der Waals surface area contributed by atoms with Crippen LogP contribution in [0.25, 0.3) is 10.9 Å². The van der Waals surface area contributed by atoms with Gasteiger partial charge in [0.25, 0.3) is 5.56 Å². The van der Waals surface area contributed by atoms with Crippen LogP contribution in [0.15, 0.2) is 49.2 Å². The summed E-state index contributed by atoms with van der Waals surface area (Å²) in [6.45, 7) is 3.79. The van der Waals surface area contributed by atoms with E-state index in [1.807, 2.05) is 26.0 Å². The predicted octanol–water partition coefficient (Wildman–Crippen LogP) is 6.94. The Kier molecular flexibility index (Phi) is 8.01. The maximum atomic E-state index is 13.6. The standard InChI is InChI=1S/C25H26Br2N4O4/c1-3-15(2)35-23-17(11-19(27)13-22(23)31(33)34)14-28-30-24(16-7-5-4-6-8-16)29-21-10-9-18(26)12-20(21)25(30)32/h9-16H,3-8H2,1-2H3/t15-/m1/s1. The molecular weight excluding hydrogens is 580 g/mol. The molecule has 0 N–H and O–H groups in total. The SMILES string of the molecule is CC[C@@H](C)Oc1c(C=Nn2c(C3CCCCC3)nc3ccc(Br)cc3c2=O)cc(Br)cc1[N+](=O)[O-]. The Morgan fingerprint density at radius 2 is 1.97 bits per heavy atom. The topological polar surface area (TPSA) is 99.6 Å². The zero-order valence-electron chi connectivity index (χ0n) is 19.5. The fraction of sp³-hybridized carbons (Fsp3) is 0.400. The molecule has 3 aromatic rings. The van der Waals surface area contributed by atoms with Gasteiger partial charge in [0.05, 0.1) is 28.1 Å². The maximum absolute atomic E-state index is 13.6. The summed E-state index contributed by atoms with van der Waals surface area (Å²) in [6.07, 6.45) is 7.10. The molecule has 2 aromatic carbocycles. The molecule has 0 saturated heterocycles. The van der Waals surface area contributed by atoms with Crippen molar-refractivity contribution in [3.8, 4) is 5.75 Å². The van der Waals surface area contributed by atoms with Crippen LogP contribution < -0.4 is 10.3 Å². The number of halogens is 2. The summed E-state index contributed by atoms with van der Waals surface area (Å²) in [5.41, 5.74) is 0.592. The van der Waals surface area contributed by atoms with Gasteiger partial charge in [-0.25, -0.2) is 4.98 Å². The van der Waals surface area contributed by atoms with E-state index in [9.17, 15) is 14.9 Å². The minimum Gasteiger partial charge on any atom is -0.483 e. The number of nitro groups is 1. The number of nitrogens with zero attached hydrogens (tertiary/aromatic N) is 4. The third-order valence-corrected chi connectivity index (χ3v) is 7.22. The van der Waals surface area contributed by atoms with E-state index in [1.54, 1.807) is 12.1 Å². The number of fused-ring (bicyclic) bond motifs is 1. The van der Waals surface area contributed by atoms with Crippen molar-refractivity contribution in [2.75, 3.05) is 0 Å². The van der Waals surface area contributed by atoms with Crippen LogP contribution >= 0.6 is 31.9 Å². The molecule has 0 amide bonds. The lowest BCUT2D eigenvalue weighted by molar-refractivity contribution is -0.386. The van der Waals surface area contributed by atoms with Gasteiger partial charge in [-0.05, 0) is 50.5 Å². The Hall–Kier alpha value is -2.59. The summed E-state index contributed by atoms with van der Waals surface area (Å²) in [5.74, 6) is 0.865. The van der Waals surface area contributed by atoms with Crippen molar-refractivity contribution in [1.82, 2.24) is 9.66 Å². The molecule has 0 unspecified atom stereocenters. The maximum Gasteiger partial charge on any atom is 0.312 e. The quantitative estimate of drug-likeness (QED) is 0.165. The van der Waals surface area contributed by atoms with E-state index in [1.165, 1.54) is 23.4 Å². The molecule has 1 aromatic heterocycles. The van der Waals surface area contributed by atoms with E-state index < -0.39 is 4.92 Å². The van der Waals surface area contributed by atoms with Crippen LogP contribution in [0.2, 0.25) is 0 Å². The Bertz CT molecular complexity index is 1350. The summed E-state index contributed by atoms with van der Waals surface area (Å²) >= 11 is 6.78. The first-order valence-electron chi connectivity index (χ1n) is 11.7. The van der Waals surface area contributed by atoms with Crippen molar-refractivity contribution in [1.29, 1.82) is 0 Å². The molecule has 184 valence electrons. The molecule has 1 aliphatic carbocycles. The van der Waals surface area contributed by atoms with Crippen molar-refractivity contribution in [3.05, 3.63) is 71.1 Å². The van der Waals surface area contributed by atoms with Gasteiger partial charge >= 0.3 is 5.69 Å². The van der Waals surface area contributed by atoms with Crippen LogP contribution in [0, 0.1) is 10.1 Å². The van der Waals surface area contributed by atoms with Crippen molar-refractivity contribution in [3.63, 3.8) is 0 Å². The molecule has 1 fully saturated rings. The average molecular weight is 606 g/mol. The van der Waals surface area contributed by atoms with Crippen molar-refractivity contribution in [2.45, 2.75) is 64.4 Å². The first-order chi connectivity index (χ1) is 16.8. The van der Waals surface area contributed by atoms with Crippen LogP contribution in [0.5, 0.6) is 5.75 Å². The molecule has 0 aliphatic heterocycles. The Morgan fingerprint density at radius 1 is 1.23 bits per heavy atom. The van der Waals surface area contributed by atoms with E-state index in [0.717, 1.165) is 30.2 Å². The Morgan fingerprint density at radius 3 is 2.66 bits per heavy atom. The molecule has 0 radical (unpaired) electrons. The van der Waals surface area contributed by atoms with Gasteiger partial charge in [-0.2, -0.15) is 9.78 Å². The summed E-state index contributed by atoms with van der Waals surface area (Å²) in [7, 11) is 0. The minimum absolute atomic E-state index is 0.120. The third-order valence-electron chi connectivity index (χ3n) is 6.27. The number of hydrogen-bond donors (Lipinski definition) is 0. The van der Waals surface area contributed by atoms with E-state index in [2.05, 4.69) is 37.0 Å². The molecule has 0 spiro atoms. The molecule has 10 heteroatoms. The van der Waals surface area contributed by atoms with Gasteiger partial charge in [0, 0.05) is 26.5 Å². The number of nitro benzene ring substituents is 1. The molecular formula is C25H26Br2N4O4. The zero-order chi connectivity index (χ0) is 25.1. The fourth-order valence-electron chi connectivity index (χ4n) is 4.27. The summed E-state index contributed by atoms with van der Waals surface area (Å²) in [5, 5.41) is 16.7. The monoisotopic (exact) mass is 604 g/mol.